The molecule has 1 amide bonds. The minimum absolute atomic E-state index is 0.113. The van der Waals surface area contributed by atoms with Gasteiger partial charge < -0.3 is 14.6 Å². The monoisotopic (exact) mass is 415 g/mol. The lowest BCUT2D eigenvalue weighted by Gasteiger charge is -2.35. The summed E-state index contributed by atoms with van der Waals surface area (Å²) in [6.45, 7) is 11.4. The van der Waals surface area contributed by atoms with Crippen molar-refractivity contribution in [2.45, 2.75) is 58.7 Å². The first-order valence-corrected chi connectivity index (χ1v) is 10.9. The second kappa shape index (κ2) is 10.2. The maximum absolute atomic E-state index is 13.2. The number of rotatable bonds is 8. The van der Waals surface area contributed by atoms with Crippen molar-refractivity contribution < 1.29 is 13.6 Å². The highest BCUT2D eigenvalue weighted by atomic mass is 19.1. The van der Waals surface area contributed by atoms with E-state index < -0.39 is 0 Å². The summed E-state index contributed by atoms with van der Waals surface area (Å²) in [5, 5.41) is 2.96. The molecule has 1 aromatic carbocycles. The summed E-state index contributed by atoms with van der Waals surface area (Å²) < 4.78 is 19.1. The molecular weight excluding hydrogens is 381 g/mol. The van der Waals surface area contributed by atoms with Gasteiger partial charge in [0.1, 0.15) is 11.6 Å². The Hall–Kier alpha value is -2.18. The van der Waals surface area contributed by atoms with Gasteiger partial charge in [-0.3, -0.25) is 9.69 Å². The zero-order valence-electron chi connectivity index (χ0n) is 18.4. The number of amides is 1. The van der Waals surface area contributed by atoms with Gasteiger partial charge in [-0.1, -0.05) is 18.6 Å². The normalized spacial score (nSPS) is 15.5. The van der Waals surface area contributed by atoms with Crippen molar-refractivity contribution in [3.8, 4) is 0 Å². The first kappa shape index (κ1) is 22.5. The number of likely N-dealkylation sites (tertiary alicyclic amines) is 1. The van der Waals surface area contributed by atoms with E-state index in [1.165, 1.54) is 31.4 Å². The predicted molar refractivity (Wildman–Crippen MR) is 117 cm³/mol. The van der Waals surface area contributed by atoms with Crippen molar-refractivity contribution in [3.63, 3.8) is 0 Å². The van der Waals surface area contributed by atoms with Crippen molar-refractivity contribution in [2.75, 3.05) is 26.2 Å². The topological polar surface area (TPSA) is 48.7 Å². The Balaban J connectivity index is 1.54. The van der Waals surface area contributed by atoms with E-state index >= 15 is 0 Å². The summed E-state index contributed by atoms with van der Waals surface area (Å²) in [4.78, 5) is 17.1. The van der Waals surface area contributed by atoms with E-state index in [1.54, 1.807) is 18.2 Å². The van der Waals surface area contributed by atoms with E-state index in [2.05, 4.69) is 35.9 Å². The molecule has 1 N–H and O–H groups in total. The van der Waals surface area contributed by atoms with Gasteiger partial charge in [0.15, 0.2) is 5.76 Å². The molecule has 1 aliphatic rings. The summed E-state index contributed by atoms with van der Waals surface area (Å²) in [5.74, 6) is 0.689. The van der Waals surface area contributed by atoms with Crippen LogP contribution in [0.1, 0.15) is 61.9 Å². The minimum atomic E-state index is -0.233. The lowest BCUT2D eigenvalue weighted by molar-refractivity contribution is 0.0900. The minimum Gasteiger partial charge on any atom is -0.455 e. The van der Waals surface area contributed by atoms with Crippen molar-refractivity contribution in [1.29, 1.82) is 0 Å². The van der Waals surface area contributed by atoms with E-state index in [0.717, 1.165) is 31.0 Å². The van der Waals surface area contributed by atoms with Gasteiger partial charge >= 0.3 is 0 Å². The van der Waals surface area contributed by atoms with Crippen LogP contribution in [0, 0.1) is 5.82 Å². The van der Waals surface area contributed by atoms with E-state index in [0.29, 0.717) is 25.4 Å². The largest absolute Gasteiger partial charge is 0.455 e. The molecule has 0 unspecified atom stereocenters. The SMILES string of the molecule is CC(C)(C)N(Cc1ccc(F)cc1)Cc1ccc(C(=O)NCCN2CCCCC2)o1. The third-order valence-electron chi connectivity index (χ3n) is 5.63. The molecule has 1 saturated heterocycles. The lowest BCUT2D eigenvalue weighted by Crippen LogP contribution is -2.40. The number of furan rings is 1. The molecular formula is C24H34FN3O2. The van der Waals surface area contributed by atoms with Crippen molar-refractivity contribution >= 4 is 5.91 Å². The quantitative estimate of drug-likeness (QED) is 0.693. The Labute approximate surface area is 179 Å². The Morgan fingerprint density at radius 3 is 2.43 bits per heavy atom. The van der Waals surface area contributed by atoms with Gasteiger partial charge in [0.05, 0.1) is 6.54 Å². The molecule has 6 heteroatoms. The molecule has 0 bridgehead atoms. The Morgan fingerprint density at radius 1 is 1.07 bits per heavy atom. The summed E-state index contributed by atoms with van der Waals surface area (Å²) in [6.07, 6.45) is 3.81. The molecule has 0 aliphatic carbocycles. The highest BCUT2D eigenvalue weighted by Crippen LogP contribution is 2.22. The Bertz CT molecular complexity index is 805. The highest BCUT2D eigenvalue weighted by molar-refractivity contribution is 5.91. The number of nitrogens with one attached hydrogen (secondary N) is 1. The molecule has 5 nitrogen and oxygen atoms in total. The number of hydrogen-bond acceptors (Lipinski definition) is 4. The molecule has 1 aliphatic heterocycles. The van der Waals surface area contributed by atoms with Crippen LogP contribution in [-0.4, -0.2) is 47.4 Å². The average molecular weight is 416 g/mol. The summed E-state index contributed by atoms with van der Waals surface area (Å²) in [6, 6.07) is 10.2. The number of piperidine rings is 1. The Morgan fingerprint density at radius 2 is 1.77 bits per heavy atom. The van der Waals surface area contributed by atoms with Crippen molar-refractivity contribution in [2.24, 2.45) is 0 Å². The van der Waals surface area contributed by atoms with Crippen LogP contribution in [0.4, 0.5) is 4.39 Å². The Kier molecular flexibility index (Phi) is 7.67. The standard InChI is InChI=1S/C24H34FN3O2/c1-24(2,3)28(17-19-7-9-20(25)10-8-19)18-21-11-12-22(30-21)23(29)26-13-16-27-14-5-4-6-15-27/h7-12H,4-6,13-18H2,1-3H3,(H,26,29). The van der Waals surface area contributed by atoms with Gasteiger partial charge in [0.2, 0.25) is 0 Å². The maximum atomic E-state index is 13.2. The van der Waals surface area contributed by atoms with Crippen LogP contribution in [0.5, 0.6) is 0 Å². The van der Waals surface area contributed by atoms with E-state index in [-0.39, 0.29) is 17.3 Å². The van der Waals surface area contributed by atoms with Gasteiger partial charge in [-0.25, -0.2) is 4.39 Å². The third kappa shape index (κ3) is 6.67. The average Bonchev–Trinajstić information content (AvgIpc) is 3.18. The number of hydrogen-bond donors (Lipinski definition) is 1. The van der Waals surface area contributed by atoms with Crippen LogP contribution in [0.15, 0.2) is 40.8 Å². The van der Waals surface area contributed by atoms with Gasteiger partial charge in [0, 0.05) is 25.2 Å². The van der Waals surface area contributed by atoms with Crippen LogP contribution >= 0.6 is 0 Å². The fraction of sp³-hybridized carbons (Fsp3) is 0.542. The molecule has 164 valence electrons. The number of benzene rings is 1. The van der Waals surface area contributed by atoms with E-state index in [1.807, 2.05) is 6.07 Å². The molecule has 2 heterocycles. The molecule has 1 fully saturated rings. The second-order valence-corrected chi connectivity index (χ2v) is 9.08. The van der Waals surface area contributed by atoms with Crippen LogP contribution in [0.3, 0.4) is 0 Å². The second-order valence-electron chi connectivity index (χ2n) is 9.08. The number of carbonyl (C=O) groups is 1. The van der Waals surface area contributed by atoms with Crippen molar-refractivity contribution in [1.82, 2.24) is 15.1 Å². The van der Waals surface area contributed by atoms with Gasteiger partial charge in [0.25, 0.3) is 5.91 Å². The molecule has 2 aromatic rings. The van der Waals surface area contributed by atoms with E-state index in [4.69, 9.17) is 4.42 Å². The predicted octanol–water partition coefficient (Wildman–Crippen LogP) is 4.44. The number of nitrogens with zero attached hydrogens (tertiary/aromatic N) is 2. The smallest absolute Gasteiger partial charge is 0.287 e. The van der Waals surface area contributed by atoms with Gasteiger partial charge in [-0.05, 0) is 76.5 Å². The maximum Gasteiger partial charge on any atom is 0.287 e. The van der Waals surface area contributed by atoms with Crippen LogP contribution in [0.25, 0.3) is 0 Å². The van der Waals surface area contributed by atoms with Crippen LogP contribution in [-0.2, 0) is 13.1 Å². The third-order valence-corrected chi connectivity index (χ3v) is 5.63. The first-order chi connectivity index (χ1) is 14.3. The summed E-state index contributed by atoms with van der Waals surface area (Å²) in [7, 11) is 0. The zero-order chi connectivity index (χ0) is 21.6. The first-order valence-electron chi connectivity index (χ1n) is 10.9. The van der Waals surface area contributed by atoms with Crippen molar-refractivity contribution in [3.05, 3.63) is 59.3 Å². The van der Waals surface area contributed by atoms with Gasteiger partial charge in [-0.2, -0.15) is 0 Å². The molecule has 1 aromatic heterocycles. The fourth-order valence-corrected chi connectivity index (χ4v) is 3.71. The molecule has 0 saturated carbocycles. The highest BCUT2D eigenvalue weighted by Gasteiger charge is 2.23. The lowest BCUT2D eigenvalue weighted by atomic mass is 10.0. The molecule has 0 atom stereocenters. The van der Waals surface area contributed by atoms with Crippen LogP contribution < -0.4 is 5.32 Å². The zero-order valence-corrected chi connectivity index (χ0v) is 18.4. The molecule has 0 radical (unpaired) electrons. The molecule has 30 heavy (non-hydrogen) atoms. The van der Waals surface area contributed by atoms with E-state index in [9.17, 15) is 9.18 Å². The van der Waals surface area contributed by atoms with Crippen LogP contribution in [0.2, 0.25) is 0 Å². The molecule has 3 rings (SSSR count). The number of carbonyl (C=O) groups excluding carboxylic acids is 1. The molecule has 0 spiro atoms. The number of halogens is 1. The summed E-state index contributed by atoms with van der Waals surface area (Å²) in [5.41, 5.74) is 0.923. The van der Waals surface area contributed by atoms with Gasteiger partial charge in [-0.15, -0.1) is 0 Å². The summed E-state index contributed by atoms with van der Waals surface area (Å²) >= 11 is 0. The fourth-order valence-electron chi connectivity index (χ4n) is 3.71.